The van der Waals surface area contributed by atoms with Crippen LogP contribution in [-0.4, -0.2) is 15.9 Å². The fourth-order valence-corrected chi connectivity index (χ4v) is 4.43. The zero-order chi connectivity index (χ0) is 19.7. The largest absolute Gasteiger partial charge is 0.278 e. The van der Waals surface area contributed by atoms with Gasteiger partial charge in [-0.3, -0.25) is 14.7 Å². The van der Waals surface area contributed by atoms with E-state index in [0.717, 1.165) is 27.0 Å². The van der Waals surface area contributed by atoms with Gasteiger partial charge in [-0.05, 0) is 62.2 Å². The van der Waals surface area contributed by atoms with Gasteiger partial charge in [-0.1, -0.05) is 41.2 Å². The molecule has 0 unspecified atom stereocenters. The van der Waals surface area contributed by atoms with Gasteiger partial charge in [0.05, 0.1) is 22.5 Å². The summed E-state index contributed by atoms with van der Waals surface area (Å²) in [6, 6.07) is 17.6. The van der Waals surface area contributed by atoms with Crippen LogP contribution in [0.25, 0.3) is 10.2 Å². The SMILES string of the molecule is Cc1cccc(C(=O)N(Cc2ccccn2)c2nc3c(C)cc(C)cc3s2)c1. The van der Waals surface area contributed by atoms with Gasteiger partial charge in [0.1, 0.15) is 0 Å². The number of carbonyl (C=O) groups is 1. The molecular formula is C23H21N3OS. The van der Waals surface area contributed by atoms with Crippen molar-refractivity contribution in [3.8, 4) is 0 Å². The molecule has 0 N–H and O–H groups in total. The van der Waals surface area contributed by atoms with E-state index in [4.69, 9.17) is 4.98 Å². The lowest BCUT2D eigenvalue weighted by atomic mass is 10.1. The first kappa shape index (κ1) is 18.3. The molecule has 5 heteroatoms. The molecule has 0 spiro atoms. The minimum Gasteiger partial charge on any atom is -0.278 e. The fourth-order valence-electron chi connectivity index (χ4n) is 3.29. The highest BCUT2D eigenvalue weighted by molar-refractivity contribution is 7.22. The second kappa shape index (κ2) is 7.52. The van der Waals surface area contributed by atoms with Gasteiger partial charge in [0, 0.05) is 11.8 Å². The third-order valence-electron chi connectivity index (χ3n) is 4.61. The maximum absolute atomic E-state index is 13.4. The normalized spacial score (nSPS) is 11.0. The third-order valence-corrected chi connectivity index (χ3v) is 5.63. The molecule has 0 saturated carbocycles. The first-order valence-corrected chi connectivity index (χ1v) is 9.99. The molecule has 2 aromatic carbocycles. The van der Waals surface area contributed by atoms with E-state index in [1.54, 1.807) is 22.4 Å². The predicted molar refractivity (Wildman–Crippen MR) is 115 cm³/mol. The topological polar surface area (TPSA) is 46.1 Å². The van der Waals surface area contributed by atoms with Crippen molar-refractivity contribution in [2.45, 2.75) is 27.3 Å². The first-order valence-electron chi connectivity index (χ1n) is 9.17. The molecule has 4 rings (SSSR count). The van der Waals surface area contributed by atoms with E-state index in [2.05, 4.69) is 31.0 Å². The van der Waals surface area contributed by atoms with E-state index in [1.165, 1.54) is 5.56 Å². The number of rotatable bonds is 4. The Morgan fingerprint density at radius 3 is 2.61 bits per heavy atom. The molecule has 0 aliphatic rings. The summed E-state index contributed by atoms with van der Waals surface area (Å²) in [5, 5.41) is 0.695. The highest BCUT2D eigenvalue weighted by atomic mass is 32.1. The Morgan fingerprint density at radius 2 is 1.86 bits per heavy atom. The second-order valence-corrected chi connectivity index (χ2v) is 8.02. The molecule has 2 heterocycles. The van der Waals surface area contributed by atoms with E-state index in [1.807, 2.05) is 49.4 Å². The van der Waals surface area contributed by atoms with Crippen LogP contribution < -0.4 is 4.90 Å². The van der Waals surface area contributed by atoms with Crippen molar-refractivity contribution < 1.29 is 4.79 Å². The lowest BCUT2D eigenvalue weighted by molar-refractivity contribution is 0.0984. The average molecular weight is 388 g/mol. The average Bonchev–Trinajstić information content (AvgIpc) is 3.10. The van der Waals surface area contributed by atoms with Crippen LogP contribution in [0.15, 0.2) is 60.8 Å². The van der Waals surface area contributed by atoms with Gasteiger partial charge >= 0.3 is 0 Å². The van der Waals surface area contributed by atoms with E-state index in [9.17, 15) is 4.79 Å². The van der Waals surface area contributed by atoms with Gasteiger partial charge in [0.15, 0.2) is 5.13 Å². The number of fused-ring (bicyclic) bond motifs is 1. The van der Waals surface area contributed by atoms with E-state index in [-0.39, 0.29) is 5.91 Å². The summed E-state index contributed by atoms with van der Waals surface area (Å²) in [6.45, 7) is 6.51. The molecule has 4 nitrogen and oxygen atoms in total. The van der Waals surface area contributed by atoms with E-state index < -0.39 is 0 Å². The predicted octanol–water partition coefficient (Wildman–Crippen LogP) is 5.46. The number of nitrogens with zero attached hydrogens (tertiary/aromatic N) is 3. The maximum atomic E-state index is 13.4. The Morgan fingerprint density at radius 1 is 1.00 bits per heavy atom. The first-order chi connectivity index (χ1) is 13.5. The van der Waals surface area contributed by atoms with E-state index >= 15 is 0 Å². The third kappa shape index (κ3) is 3.66. The lowest BCUT2D eigenvalue weighted by Gasteiger charge is -2.19. The standard InChI is InChI=1S/C23H21N3OS/c1-15-7-6-8-18(12-15)22(27)26(14-19-9-4-5-10-24-19)23-25-21-17(3)11-16(2)13-20(21)28-23/h4-13H,14H2,1-3H3. The van der Waals surface area contributed by atoms with Gasteiger partial charge in [-0.2, -0.15) is 0 Å². The van der Waals surface area contributed by atoms with Crippen LogP contribution in [0.2, 0.25) is 0 Å². The Kier molecular flexibility index (Phi) is 4.92. The molecule has 2 aromatic heterocycles. The van der Waals surface area contributed by atoms with Crippen molar-refractivity contribution in [1.82, 2.24) is 9.97 Å². The van der Waals surface area contributed by atoms with Gasteiger partial charge in [-0.25, -0.2) is 4.98 Å². The molecule has 4 aromatic rings. The van der Waals surface area contributed by atoms with Crippen LogP contribution in [0, 0.1) is 20.8 Å². The van der Waals surface area contributed by atoms with Gasteiger partial charge in [0.2, 0.25) is 0 Å². The Bertz CT molecular complexity index is 1150. The second-order valence-electron chi connectivity index (χ2n) is 7.01. The highest BCUT2D eigenvalue weighted by Gasteiger charge is 2.22. The molecule has 0 atom stereocenters. The number of hydrogen-bond acceptors (Lipinski definition) is 4. The van der Waals surface area contributed by atoms with Gasteiger partial charge in [0.25, 0.3) is 5.91 Å². The molecular weight excluding hydrogens is 366 g/mol. The Labute approximate surface area is 168 Å². The minimum absolute atomic E-state index is 0.0669. The number of hydrogen-bond donors (Lipinski definition) is 0. The number of anilines is 1. The zero-order valence-corrected chi connectivity index (χ0v) is 17.0. The summed E-state index contributed by atoms with van der Waals surface area (Å²) in [7, 11) is 0. The number of benzene rings is 2. The molecule has 0 bridgehead atoms. The maximum Gasteiger partial charge on any atom is 0.260 e. The van der Waals surface area contributed by atoms with E-state index in [0.29, 0.717) is 17.2 Å². The van der Waals surface area contributed by atoms with Crippen molar-refractivity contribution in [3.05, 3.63) is 88.7 Å². The van der Waals surface area contributed by atoms with Gasteiger partial charge in [-0.15, -0.1) is 0 Å². The number of aryl methyl sites for hydroxylation is 3. The van der Waals surface area contributed by atoms with Crippen LogP contribution in [-0.2, 0) is 6.54 Å². The number of aromatic nitrogens is 2. The monoisotopic (exact) mass is 387 g/mol. The molecule has 140 valence electrons. The van der Waals surface area contributed by atoms with Crippen molar-refractivity contribution >= 4 is 32.6 Å². The Balaban J connectivity index is 1.80. The number of amides is 1. The zero-order valence-electron chi connectivity index (χ0n) is 16.1. The molecule has 0 aliphatic carbocycles. The summed E-state index contributed by atoms with van der Waals surface area (Å²) in [5.41, 5.74) is 5.81. The molecule has 0 saturated heterocycles. The van der Waals surface area contributed by atoms with Crippen LogP contribution in [0.4, 0.5) is 5.13 Å². The molecule has 28 heavy (non-hydrogen) atoms. The lowest BCUT2D eigenvalue weighted by Crippen LogP contribution is -2.30. The van der Waals surface area contributed by atoms with Crippen molar-refractivity contribution in [2.75, 3.05) is 4.90 Å². The minimum atomic E-state index is -0.0669. The smallest absolute Gasteiger partial charge is 0.260 e. The molecule has 0 aliphatic heterocycles. The highest BCUT2D eigenvalue weighted by Crippen LogP contribution is 2.33. The fraction of sp³-hybridized carbons (Fsp3) is 0.174. The molecule has 1 amide bonds. The van der Waals surface area contributed by atoms with Gasteiger partial charge < -0.3 is 0 Å². The summed E-state index contributed by atoms with van der Waals surface area (Å²) in [6.07, 6.45) is 1.75. The van der Waals surface area contributed by atoms with Crippen LogP contribution in [0.1, 0.15) is 32.7 Å². The quantitative estimate of drug-likeness (QED) is 0.467. The summed E-state index contributed by atoms with van der Waals surface area (Å²) >= 11 is 1.55. The molecule has 0 radical (unpaired) electrons. The van der Waals surface area contributed by atoms with Crippen molar-refractivity contribution in [2.24, 2.45) is 0 Å². The van der Waals surface area contributed by atoms with Crippen molar-refractivity contribution in [1.29, 1.82) is 0 Å². The molecule has 0 fully saturated rings. The van der Waals surface area contributed by atoms with Crippen LogP contribution >= 0.6 is 11.3 Å². The Hall–Kier alpha value is -3.05. The van der Waals surface area contributed by atoms with Crippen molar-refractivity contribution in [3.63, 3.8) is 0 Å². The number of pyridine rings is 1. The number of thiazole rings is 1. The summed E-state index contributed by atoms with van der Waals surface area (Å²) in [4.78, 5) is 24.3. The van der Waals surface area contributed by atoms with Crippen LogP contribution in [0.3, 0.4) is 0 Å². The van der Waals surface area contributed by atoms with Crippen LogP contribution in [0.5, 0.6) is 0 Å². The number of carbonyl (C=O) groups excluding carboxylic acids is 1. The summed E-state index contributed by atoms with van der Waals surface area (Å²) in [5.74, 6) is -0.0669. The summed E-state index contributed by atoms with van der Waals surface area (Å²) < 4.78 is 1.09.